The van der Waals surface area contributed by atoms with Crippen molar-refractivity contribution < 1.29 is 23.0 Å². The van der Waals surface area contributed by atoms with Gasteiger partial charge in [-0.1, -0.05) is 0 Å². The standard InChI is InChI=1S/C18H14O6/c1-20-9-4-5-10-13(8-9)23-18(19)14-11-6-7-12(21-2)17(22-3)16(11)24-15(10)14/h4-8H,1-3H3. The molecule has 0 unspecified atom stereocenters. The van der Waals surface area contributed by atoms with E-state index in [9.17, 15) is 4.79 Å². The van der Waals surface area contributed by atoms with Crippen molar-refractivity contribution in [3.63, 3.8) is 0 Å². The molecule has 0 aliphatic heterocycles. The van der Waals surface area contributed by atoms with Crippen molar-refractivity contribution in [2.75, 3.05) is 21.3 Å². The molecule has 0 aliphatic rings. The summed E-state index contributed by atoms with van der Waals surface area (Å²) < 4.78 is 27.3. The molecule has 0 fully saturated rings. The third-order valence-electron chi connectivity index (χ3n) is 4.04. The second-order valence-electron chi connectivity index (χ2n) is 5.24. The molecule has 0 amide bonds. The fourth-order valence-corrected chi connectivity index (χ4v) is 2.92. The molecular weight excluding hydrogens is 312 g/mol. The lowest BCUT2D eigenvalue weighted by Crippen LogP contribution is -1.98. The zero-order valence-corrected chi connectivity index (χ0v) is 13.3. The number of hydrogen-bond donors (Lipinski definition) is 0. The Kier molecular flexibility index (Phi) is 3.13. The van der Waals surface area contributed by atoms with E-state index in [2.05, 4.69) is 0 Å². The normalized spacial score (nSPS) is 11.3. The number of ether oxygens (including phenoxy) is 3. The van der Waals surface area contributed by atoms with E-state index in [4.69, 9.17) is 23.0 Å². The molecule has 0 saturated carbocycles. The summed E-state index contributed by atoms with van der Waals surface area (Å²) in [5, 5.41) is 1.68. The van der Waals surface area contributed by atoms with Crippen molar-refractivity contribution in [2.24, 2.45) is 0 Å². The van der Waals surface area contributed by atoms with Crippen LogP contribution in [0.4, 0.5) is 0 Å². The lowest BCUT2D eigenvalue weighted by Gasteiger charge is -2.06. The number of hydrogen-bond acceptors (Lipinski definition) is 6. The van der Waals surface area contributed by atoms with Crippen molar-refractivity contribution in [1.29, 1.82) is 0 Å². The van der Waals surface area contributed by atoms with Gasteiger partial charge in [-0.15, -0.1) is 0 Å². The van der Waals surface area contributed by atoms with Gasteiger partial charge in [0.15, 0.2) is 16.9 Å². The summed E-state index contributed by atoms with van der Waals surface area (Å²) in [6, 6.07) is 8.72. The van der Waals surface area contributed by atoms with Crippen molar-refractivity contribution in [1.82, 2.24) is 0 Å². The van der Waals surface area contributed by atoms with Crippen LogP contribution in [0, 0.1) is 0 Å². The molecule has 0 spiro atoms. The van der Waals surface area contributed by atoms with Gasteiger partial charge in [-0.3, -0.25) is 0 Å². The molecule has 0 N–H and O–H groups in total. The molecular formula is C18H14O6. The SMILES string of the molecule is COc1ccc2c(c1)oc(=O)c1c3ccc(OC)c(OC)c3oc21. The Bertz CT molecular complexity index is 1140. The van der Waals surface area contributed by atoms with E-state index < -0.39 is 5.63 Å². The predicted octanol–water partition coefficient (Wildman–Crippen LogP) is 3.72. The van der Waals surface area contributed by atoms with E-state index in [1.165, 1.54) is 7.11 Å². The Morgan fingerprint density at radius 3 is 2.33 bits per heavy atom. The minimum absolute atomic E-state index is 0.378. The molecule has 4 rings (SSSR count). The average molecular weight is 326 g/mol. The molecule has 4 aromatic rings. The van der Waals surface area contributed by atoms with Gasteiger partial charge in [0.25, 0.3) is 0 Å². The maximum absolute atomic E-state index is 12.5. The maximum atomic E-state index is 12.5. The lowest BCUT2D eigenvalue weighted by atomic mass is 10.1. The largest absolute Gasteiger partial charge is 0.497 e. The summed E-state index contributed by atoms with van der Waals surface area (Å²) in [5.41, 5.74) is 0.821. The number of methoxy groups -OCH3 is 3. The summed E-state index contributed by atoms with van der Waals surface area (Å²) in [5.74, 6) is 1.56. The van der Waals surface area contributed by atoms with Gasteiger partial charge in [-0.2, -0.15) is 0 Å². The third-order valence-corrected chi connectivity index (χ3v) is 4.04. The van der Waals surface area contributed by atoms with Crippen molar-refractivity contribution >= 4 is 32.9 Å². The van der Waals surface area contributed by atoms with Crippen LogP contribution in [0.15, 0.2) is 44.0 Å². The first-order valence-electron chi connectivity index (χ1n) is 7.26. The Hall–Kier alpha value is -3.15. The molecule has 24 heavy (non-hydrogen) atoms. The lowest BCUT2D eigenvalue weighted by molar-refractivity contribution is 0.354. The monoisotopic (exact) mass is 326 g/mol. The average Bonchev–Trinajstić information content (AvgIpc) is 3.00. The van der Waals surface area contributed by atoms with E-state index >= 15 is 0 Å². The van der Waals surface area contributed by atoms with Gasteiger partial charge in [0.1, 0.15) is 16.7 Å². The van der Waals surface area contributed by atoms with Gasteiger partial charge in [0, 0.05) is 11.5 Å². The highest BCUT2D eigenvalue weighted by atomic mass is 16.5. The fraction of sp³-hybridized carbons (Fsp3) is 0.167. The van der Waals surface area contributed by atoms with Crippen LogP contribution >= 0.6 is 0 Å². The van der Waals surface area contributed by atoms with E-state index in [0.717, 1.165) is 0 Å². The first-order valence-corrected chi connectivity index (χ1v) is 7.26. The molecule has 0 atom stereocenters. The molecule has 2 heterocycles. The molecule has 0 radical (unpaired) electrons. The van der Waals surface area contributed by atoms with Crippen LogP contribution in [0.1, 0.15) is 0 Å². The van der Waals surface area contributed by atoms with E-state index in [1.54, 1.807) is 44.6 Å². The molecule has 2 aromatic heterocycles. The second kappa shape index (κ2) is 5.19. The zero-order valence-electron chi connectivity index (χ0n) is 13.3. The van der Waals surface area contributed by atoms with E-state index in [1.807, 2.05) is 0 Å². The van der Waals surface area contributed by atoms with Crippen LogP contribution in [0.2, 0.25) is 0 Å². The van der Waals surface area contributed by atoms with Crippen LogP contribution in [0.3, 0.4) is 0 Å². The molecule has 122 valence electrons. The second-order valence-corrected chi connectivity index (χ2v) is 5.24. The number of fused-ring (bicyclic) bond motifs is 5. The molecule has 6 nitrogen and oxygen atoms in total. The van der Waals surface area contributed by atoms with Crippen molar-refractivity contribution in [3.8, 4) is 17.2 Å². The van der Waals surface area contributed by atoms with Crippen LogP contribution in [0.25, 0.3) is 32.9 Å². The van der Waals surface area contributed by atoms with Gasteiger partial charge in [0.2, 0.25) is 5.75 Å². The highest BCUT2D eigenvalue weighted by Gasteiger charge is 2.21. The summed E-state index contributed by atoms with van der Waals surface area (Å²) in [6.07, 6.45) is 0. The quantitative estimate of drug-likeness (QED) is 0.534. The van der Waals surface area contributed by atoms with Crippen molar-refractivity contribution in [2.45, 2.75) is 0 Å². The summed E-state index contributed by atoms with van der Waals surface area (Å²) in [7, 11) is 4.62. The summed E-state index contributed by atoms with van der Waals surface area (Å²) in [4.78, 5) is 12.5. The third kappa shape index (κ3) is 1.86. The van der Waals surface area contributed by atoms with Gasteiger partial charge >= 0.3 is 5.63 Å². The highest BCUT2D eigenvalue weighted by molar-refractivity contribution is 6.14. The van der Waals surface area contributed by atoms with Gasteiger partial charge in [-0.05, 0) is 24.3 Å². The smallest absolute Gasteiger partial charge is 0.348 e. The van der Waals surface area contributed by atoms with Gasteiger partial charge < -0.3 is 23.0 Å². The molecule has 0 aliphatic carbocycles. The Morgan fingerprint density at radius 1 is 0.833 bits per heavy atom. The molecule has 0 bridgehead atoms. The van der Waals surface area contributed by atoms with Crippen LogP contribution in [-0.4, -0.2) is 21.3 Å². The molecule has 2 aromatic carbocycles. The topological polar surface area (TPSA) is 71.0 Å². The van der Waals surface area contributed by atoms with Crippen molar-refractivity contribution in [3.05, 3.63) is 40.8 Å². The minimum atomic E-state index is -0.475. The van der Waals surface area contributed by atoms with Crippen LogP contribution in [-0.2, 0) is 0 Å². The Labute approximate surface area is 136 Å². The zero-order chi connectivity index (χ0) is 16.8. The Morgan fingerprint density at radius 2 is 1.62 bits per heavy atom. The molecule has 0 saturated heterocycles. The number of benzene rings is 2. The maximum Gasteiger partial charge on any atom is 0.348 e. The molecule has 6 heteroatoms. The first kappa shape index (κ1) is 14.4. The van der Waals surface area contributed by atoms with E-state index in [-0.39, 0.29) is 0 Å². The number of rotatable bonds is 3. The van der Waals surface area contributed by atoms with Gasteiger partial charge in [-0.25, -0.2) is 4.79 Å². The minimum Gasteiger partial charge on any atom is -0.497 e. The van der Waals surface area contributed by atoms with Crippen LogP contribution < -0.4 is 19.8 Å². The highest BCUT2D eigenvalue weighted by Crippen LogP contribution is 2.41. The van der Waals surface area contributed by atoms with Gasteiger partial charge in [0.05, 0.1) is 26.7 Å². The summed E-state index contributed by atoms with van der Waals surface area (Å²) in [6.45, 7) is 0. The summed E-state index contributed by atoms with van der Waals surface area (Å²) >= 11 is 0. The number of furan rings is 1. The van der Waals surface area contributed by atoms with Crippen LogP contribution in [0.5, 0.6) is 17.2 Å². The van der Waals surface area contributed by atoms with E-state index in [0.29, 0.717) is 50.2 Å². The fourth-order valence-electron chi connectivity index (χ4n) is 2.92. The predicted molar refractivity (Wildman–Crippen MR) is 89.4 cm³/mol. The Balaban J connectivity index is 2.21. The first-order chi connectivity index (χ1) is 11.7.